The predicted molar refractivity (Wildman–Crippen MR) is 60.9 cm³/mol. The van der Waals surface area contributed by atoms with Gasteiger partial charge in [0.05, 0.1) is 5.57 Å². The van der Waals surface area contributed by atoms with E-state index in [-0.39, 0.29) is 11.5 Å². The lowest BCUT2D eigenvalue weighted by atomic mass is 9.97. The molecule has 1 aromatic rings. The van der Waals surface area contributed by atoms with Crippen LogP contribution < -0.4 is 0 Å². The summed E-state index contributed by atoms with van der Waals surface area (Å²) < 4.78 is 0. The van der Waals surface area contributed by atoms with Crippen LogP contribution in [-0.4, -0.2) is 22.1 Å². The van der Waals surface area contributed by atoms with Crippen LogP contribution in [0.15, 0.2) is 40.7 Å². The molecule has 1 aromatic heterocycles. The number of rotatable bonds is 2. The molecular weight excluding hydrogens is 204 g/mol. The standard InChI is InChI=1S/C12H12N2O2/c15-10-4-3-5-11(16)9(10)8-14-12-6-1-2-7-13-12/h1-2,6-8,15H,3-5H2. The van der Waals surface area contributed by atoms with Gasteiger partial charge in [-0.2, -0.15) is 0 Å². The first-order valence-electron chi connectivity index (χ1n) is 5.18. The normalized spacial score (nSPS) is 17.1. The number of aliphatic hydroxyl groups is 1. The summed E-state index contributed by atoms with van der Waals surface area (Å²) in [6, 6.07) is 5.35. The summed E-state index contributed by atoms with van der Waals surface area (Å²) in [5, 5.41) is 9.56. The summed E-state index contributed by atoms with van der Waals surface area (Å²) in [6.07, 6.45) is 4.78. The molecule has 0 spiro atoms. The van der Waals surface area contributed by atoms with Crippen LogP contribution in [0.25, 0.3) is 0 Å². The maximum Gasteiger partial charge on any atom is 0.167 e. The first kappa shape index (κ1) is 10.5. The zero-order valence-electron chi connectivity index (χ0n) is 8.76. The molecule has 0 saturated heterocycles. The van der Waals surface area contributed by atoms with Gasteiger partial charge in [-0.25, -0.2) is 9.98 Å². The average molecular weight is 216 g/mol. The molecule has 4 heteroatoms. The fraction of sp³-hybridized carbons (Fsp3) is 0.250. The summed E-state index contributed by atoms with van der Waals surface area (Å²) in [5.74, 6) is 0.612. The zero-order valence-corrected chi connectivity index (χ0v) is 8.76. The van der Waals surface area contributed by atoms with Gasteiger partial charge in [-0.05, 0) is 18.6 Å². The Labute approximate surface area is 93.4 Å². The fourth-order valence-corrected chi connectivity index (χ4v) is 1.55. The minimum Gasteiger partial charge on any atom is -0.512 e. The summed E-state index contributed by atoms with van der Waals surface area (Å²) >= 11 is 0. The number of aliphatic hydroxyl groups excluding tert-OH is 1. The van der Waals surface area contributed by atoms with E-state index in [1.165, 1.54) is 6.21 Å². The molecule has 1 N–H and O–H groups in total. The van der Waals surface area contributed by atoms with Crippen molar-refractivity contribution in [3.63, 3.8) is 0 Å². The third-order valence-corrected chi connectivity index (χ3v) is 2.40. The monoisotopic (exact) mass is 216 g/mol. The van der Waals surface area contributed by atoms with Gasteiger partial charge >= 0.3 is 0 Å². The van der Waals surface area contributed by atoms with Crippen molar-refractivity contribution >= 4 is 17.8 Å². The van der Waals surface area contributed by atoms with Crippen LogP contribution in [0.2, 0.25) is 0 Å². The van der Waals surface area contributed by atoms with Gasteiger partial charge in [0.25, 0.3) is 0 Å². The molecule has 4 nitrogen and oxygen atoms in total. The first-order chi connectivity index (χ1) is 7.77. The highest BCUT2D eigenvalue weighted by molar-refractivity contribution is 6.14. The minimum atomic E-state index is -0.0524. The summed E-state index contributed by atoms with van der Waals surface area (Å²) in [4.78, 5) is 19.6. The van der Waals surface area contributed by atoms with Crippen molar-refractivity contribution < 1.29 is 9.90 Å². The summed E-state index contributed by atoms with van der Waals surface area (Å²) in [7, 11) is 0. The van der Waals surface area contributed by atoms with Gasteiger partial charge in [0.15, 0.2) is 11.6 Å². The molecule has 0 aromatic carbocycles. The molecule has 0 saturated carbocycles. The van der Waals surface area contributed by atoms with Gasteiger partial charge in [-0.1, -0.05) is 6.07 Å². The van der Waals surface area contributed by atoms with E-state index in [0.717, 1.165) is 0 Å². The lowest BCUT2D eigenvalue weighted by Crippen LogP contribution is -2.12. The molecule has 0 unspecified atom stereocenters. The third kappa shape index (κ3) is 2.34. The largest absolute Gasteiger partial charge is 0.512 e. The maximum absolute atomic E-state index is 11.5. The summed E-state index contributed by atoms with van der Waals surface area (Å²) in [6.45, 7) is 0. The van der Waals surface area contributed by atoms with Gasteiger partial charge in [0.2, 0.25) is 0 Å². The molecule has 1 heterocycles. The van der Waals surface area contributed by atoms with Crippen LogP contribution in [0.4, 0.5) is 5.82 Å². The van der Waals surface area contributed by atoms with E-state index in [1.807, 2.05) is 6.07 Å². The smallest absolute Gasteiger partial charge is 0.167 e. The number of aromatic nitrogens is 1. The first-order valence-corrected chi connectivity index (χ1v) is 5.18. The van der Waals surface area contributed by atoms with E-state index in [4.69, 9.17) is 0 Å². The quantitative estimate of drug-likeness (QED) is 0.772. The van der Waals surface area contributed by atoms with Gasteiger partial charge in [-0.3, -0.25) is 4.79 Å². The Bertz CT molecular complexity index is 449. The van der Waals surface area contributed by atoms with E-state index < -0.39 is 0 Å². The van der Waals surface area contributed by atoms with Crippen molar-refractivity contribution in [2.75, 3.05) is 0 Å². The number of Topliss-reactive ketones (excluding diaryl/α,β-unsaturated/α-hetero) is 1. The Balaban J connectivity index is 2.21. The van der Waals surface area contributed by atoms with E-state index in [2.05, 4.69) is 9.98 Å². The van der Waals surface area contributed by atoms with Crippen LogP contribution in [0, 0.1) is 0 Å². The van der Waals surface area contributed by atoms with Crippen molar-refractivity contribution in [2.24, 2.45) is 4.99 Å². The molecule has 16 heavy (non-hydrogen) atoms. The molecule has 0 atom stereocenters. The topological polar surface area (TPSA) is 62.5 Å². The van der Waals surface area contributed by atoms with Crippen LogP contribution in [0.5, 0.6) is 0 Å². The SMILES string of the molecule is O=C1CCCC(O)=C1C=Nc1ccccn1. The van der Waals surface area contributed by atoms with Crippen molar-refractivity contribution in [1.29, 1.82) is 0 Å². The van der Waals surface area contributed by atoms with Crippen molar-refractivity contribution in [1.82, 2.24) is 4.98 Å². The Hall–Kier alpha value is -1.97. The Morgan fingerprint density at radius 2 is 2.25 bits per heavy atom. The molecule has 82 valence electrons. The second-order valence-corrected chi connectivity index (χ2v) is 3.58. The molecule has 0 amide bonds. The van der Waals surface area contributed by atoms with Gasteiger partial charge in [0, 0.05) is 25.3 Å². The number of carbonyl (C=O) groups is 1. The number of nitrogens with zero attached hydrogens (tertiary/aromatic N) is 2. The number of ketones is 1. The predicted octanol–water partition coefficient (Wildman–Crippen LogP) is 2.35. The number of pyridine rings is 1. The van der Waals surface area contributed by atoms with Crippen LogP contribution in [-0.2, 0) is 4.79 Å². The van der Waals surface area contributed by atoms with Crippen LogP contribution in [0.3, 0.4) is 0 Å². The number of allylic oxidation sites excluding steroid dienone is 2. The molecule has 0 radical (unpaired) electrons. The number of hydrogen-bond donors (Lipinski definition) is 1. The van der Waals surface area contributed by atoms with Crippen molar-refractivity contribution in [3.05, 3.63) is 35.7 Å². The van der Waals surface area contributed by atoms with Gasteiger partial charge < -0.3 is 5.11 Å². The minimum absolute atomic E-state index is 0.0524. The molecule has 1 aliphatic carbocycles. The fourth-order valence-electron chi connectivity index (χ4n) is 1.55. The van der Waals surface area contributed by atoms with E-state index in [9.17, 15) is 9.90 Å². The lowest BCUT2D eigenvalue weighted by molar-refractivity contribution is -0.115. The Kier molecular flexibility index (Phi) is 3.10. The van der Waals surface area contributed by atoms with Gasteiger partial charge in [0.1, 0.15) is 5.76 Å². The Morgan fingerprint density at radius 3 is 2.94 bits per heavy atom. The maximum atomic E-state index is 11.5. The van der Waals surface area contributed by atoms with Crippen molar-refractivity contribution in [2.45, 2.75) is 19.3 Å². The van der Waals surface area contributed by atoms with Gasteiger partial charge in [-0.15, -0.1) is 0 Å². The highest BCUT2D eigenvalue weighted by Crippen LogP contribution is 2.19. The number of hydrogen-bond acceptors (Lipinski definition) is 4. The zero-order chi connectivity index (χ0) is 11.4. The lowest BCUT2D eigenvalue weighted by Gasteiger charge is -2.10. The Morgan fingerprint density at radius 1 is 1.38 bits per heavy atom. The molecule has 0 bridgehead atoms. The highest BCUT2D eigenvalue weighted by atomic mass is 16.3. The molecule has 2 rings (SSSR count). The van der Waals surface area contributed by atoms with Crippen LogP contribution in [0.1, 0.15) is 19.3 Å². The second kappa shape index (κ2) is 4.70. The van der Waals surface area contributed by atoms with Crippen LogP contribution >= 0.6 is 0 Å². The second-order valence-electron chi connectivity index (χ2n) is 3.58. The van der Waals surface area contributed by atoms with E-state index in [1.54, 1.807) is 18.3 Å². The number of aliphatic imine (C=N–C) groups is 1. The van der Waals surface area contributed by atoms with E-state index in [0.29, 0.717) is 30.7 Å². The summed E-state index contributed by atoms with van der Waals surface area (Å²) in [5.41, 5.74) is 0.317. The van der Waals surface area contributed by atoms with E-state index >= 15 is 0 Å². The van der Waals surface area contributed by atoms with Crippen molar-refractivity contribution in [3.8, 4) is 0 Å². The molecule has 0 aliphatic heterocycles. The third-order valence-electron chi connectivity index (χ3n) is 2.40. The molecule has 0 fully saturated rings. The number of carbonyl (C=O) groups excluding carboxylic acids is 1. The molecule has 1 aliphatic rings. The highest BCUT2D eigenvalue weighted by Gasteiger charge is 2.18. The average Bonchev–Trinajstić information content (AvgIpc) is 2.30. The molecular formula is C12H12N2O2.